The molecule has 1 N–H and O–H groups in total. The minimum absolute atomic E-state index is 0.130. The van der Waals surface area contributed by atoms with Gasteiger partial charge in [0.15, 0.2) is 5.78 Å². The second-order valence-electron chi connectivity index (χ2n) is 4.84. The number of hydrogen-bond acceptors (Lipinski definition) is 6. The zero-order chi connectivity index (χ0) is 16.4. The SMILES string of the molecule is CC(=O)C1=C(C)NC(S)=C(C#N)C1c1ccccc1[N+](=O)[O-]. The molecule has 22 heavy (non-hydrogen) atoms. The smallest absolute Gasteiger partial charge is 0.273 e. The van der Waals surface area contributed by atoms with E-state index in [1.54, 1.807) is 25.1 Å². The van der Waals surface area contributed by atoms with Gasteiger partial charge in [-0.15, -0.1) is 12.6 Å². The number of carbonyl (C=O) groups excluding carboxylic acids is 1. The molecule has 1 aromatic rings. The van der Waals surface area contributed by atoms with Gasteiger partial charge in [0.05, 0.1) is 27.5 Å². The Morgan fingerprint density at radius 2 is 2.09 bits per heavy atom. The number of para-hydroxylation sites is 1. The zero-order valence-corrected chi connectivity index (χ0v) is 12.8. The van der Waals surface area contributed by atoms with Gasteiger partial charge in [0.2, 0.25) is 0 Å². The number of nitrogens with zero attached hydrogens (tertiary/aromatic N) is 2. The van der Waals surface area contributed by atoms with Gasteiger partial charge >= 0.3 is 0 Å². The van der Waals surface area contributed by atoms with E-state index in [-0.39, 0.29) is 17.0 Å². The number of ketones is 1. The molecule has 1 aliphatic rings. The van der Waals surface area contributed by atoms with Crippen molar-refractivity contribution < 1.29 is 9.72 Å². The summed E-state index contributed by atoms with van der Waals surface area (Å²) in [4.78, 5) is 22.8. The molecule has 1 atom stereocenters. The summed E-state index contributed by atoms with van der Waals surface area (Å²) < 4.78 is 0. The van der Waals surface area contributed by atoms with E-state index in [9.17, 15) is 20.2 Å². The summed E-state index contributed by atoms with van der Waals surface area (Å²) in [6.45, 7) is 3.06. The Balaban J connectivity index is 2.78. The summed E-state index contributed by atoms with van der Waals surface area (Å²) in [6.07, 6.45) is 0. The fourth-order valence-electron chi connectivity index (χ4n) is 2.60. The van der Waals surface area contributed by atoms with Gasteiger partial charge < -0.3 is 5.32 Å². The Morgan fingerprint density at radius 3 is 2.64 bits per heavy atom. The Hall–Kier alpha value is -2.59. The number of nitro groups is 1. The molecule has 7 heteroatoms. The number of hydrogen-bond donors (Lipinski definition) is 2. The first kappa shape index (κ1) is 15.8. The molecular formula is C15H13N3O3S. The van der Waals surface area contributed by atoms with Gasteiger partial charge in [0.25, 0.3) is 5.69 Å². The highest BCUT2D eigenvalue weighted by molar-refractivity contribution is 7.84. The lowest BCUT2D eigenvalue weighted by molar-refractivity contribution is -0.385. The molecule has 0 radical (unpaired) electrons. The number of benzene rings is 1. The quantitative estimate of drug-likeness (QED) is 0.508. The lowest BCUT2D eigenvalue weighted by atomic mass is 9.80. The molecule has 0 saturated heterocycles. The summed E-state index contributed by atoms with van der Waals surface area (Å²) in [5.41, 5.74) is 1.24. The molecule has 0 aliphatic carbocycles. The van der Waals surface area contributed by atoms with E-state index in [1.165, 1.54) is 13.0 Å². The number of Topliss-reactive ketones (excluding diaryl/α,β-unsaturated/α-hetero) is 1. The molecule has 1 aliphatic heterocycles. The fourth-order valence-corrected chi connectivity index (χ4v) is 2.95. The van der Waals surface area contributed by atoms with E-state index in [2.05, 4.69) is 17.9 Å². The van der Waals surface area contributed by atoms with Crippen LogP contribution in [0.15, 0.2) is 46.1 Å². The van der Waals surface area contributed by atoms with E-state index >= 15 is 0 Å². The monoisotopic (exact) mass is 315 g/mol. The third-order valence-corrected chi connectivity index (χ3v) is 3.84. The maximum Gasteiger partial charge on any atom is 0.273 e. The van der Waals surface area contributed by atoms with Crippen LogP contribution < -0.4 is 5.32 Å². The Labute approximate surface area is 132 Å². The summed E-state index contributed by atoms with van der Waals surface area (Å²) in [7, 11) is 0. The van der Waals surface area contributed by atoms with Crippen molar-refractivity contribution >= 4 is 24.1 Å². The van der Waals surface area contributed by atoms with Crippen molar-refractivity contribution in [3.8, 4) is 6.07 Å². The van der Waals surface area contributed by atoms with Crippen LogP contribution in [0.5, 0.6) is 0 Å². The highest BCUT2D eigenvalue weighted by Gasteiger charge is 2.35. The summed E-state index contributed by atoms with van der Waals surface area (Å²) in [6, 6.07) is 8.11. The van der Waals surface area contributed by atoms with Crippen LogP contribution in [-0.2, 0) is 4.79 Å². The van der Waals surface area contributed by atoms with Crippen LogP contribution in [-0.4, -0.2) is 10.7 Å². The van der Waals surface area contributed by atoms with Crippen LogP contribution in [0.2, 0.25) is 0 Å². The maximum atomic E-state index is 12.0. The number of nitrogens with one attached hydrogen (secondary N) is 1. The predicted molar refractivity (Wildman–Crippen MR) is 84.0 cm³/mol. The molecule has 1 heterocycles. The molecule has 6 nitrogen and oxygen atoms in total. The molecule has 1 unspecified atom stereocenters. The predicted octanol–water partition coefficient (Wildman–Crippen LogP) is 2.81. The largest absolute Gasteiger partial charge is 0.353 e. The van der Waals surface area contributed by atoms with Gasteiger partial charge in [-0.3, -0.25) is 14.9 Å². The minimum atomic E-state index is -0.794. The molecule has 0 amide bonds. The minimum Gasteiger partial charge on any atom is -0.353 e. The van der Waals surface area contributed by atoms with E-state index in [0.29, 0.717) is 21.9 Å². The number of nitriles is 1. The molecule has 0 bridgehead atoms. The van der Waals surface area contributed by atoms with Crippen molar-refractivity contribution in [3.63, 3.8) is 0 Å². The summed E-state index contributed by atoms with van der Waals surface area (Å²) in [5.74, 6) is -1.04. The topological polar surface area (TPSA) is 96.0 Å². The van der Waals surface area contributed by atoms with Crippen molar-refractivity contribution in [3.05, 3.63) is 61.8 Å². The highest BCUT2D eigenvalue weighted by Crippen LogP contribution is 2.42. The summed E-state index contributed by atoms with van der Waals surface area (Å²) >= 11 is 4.23. The van der Waals surface area contributed by atoms with Crippen LogP contribution in [0.4, 0.5) is 5.69 Å². The first-order valence-electron chi connectivity index (χ1n) is 6.43. The standard InChI is InChI=1S/C15H13N3O3S/c1-8-13(9(2)19)14(11(7-16)15(22)17-8)10-5-3-4-6-12(10)18(20)21/h3-6,14,17,22H,1-2H3. The second kappa shape index (κ2) is 6.03. The molecule has 1 aromatic carbocycles. The zero-order valence-electron chi connectivity index (χ0n) is 12.0. The van der Waals surface area contributed by atoms with Gasteiger partial charge in [0.1, 0.15) is 0 Å². The molecule has 112 valence electrons. The molecule has 2 rings (SSSR count). The average molecular weight is 315 g/mol. The first-order valence-corrected chi connectivity index (χ1v) is 6.88. The maximum absolute atomic E-state index is 12.0. The molecule has 0 fully saturated rings. The van der Waals surface area contributed by atoms with E-state index < -0.39 is 10.8 Å². The van der Waals surface area contributed by atoms with Crippen LogP contribution >= 0.6 is 12.6 Å². The van der Waals surface area contributed by atoms with Crippen LogP contribution in [0.25, 0.3) is 0 Å². The van der Waals surface area contributed by atoms with Crippen molar-refractivity contribution in [1.82, 2.24) is 5.32 Å². The van der Waals surface area contributed by atoms with Gasteiger partial charge in [-0.25, -0.2) is 0 Å². The highest BCUT2D eigenvalue weighted by atomic mass is 32.1. The van der Waals surface area contributed by atoms with Crippen molar-refractivity contribution in [1.29, 1.82) is 5.26 Å². The van der Waals surface area contributed by atoms with Gasteiger partial charge in [-0.05, 0) is 13.8 Å². The van der Waals surface area contributed by atoms with E-state index in [0.717, 1.165) is 0 Å². The third-order valence-electron chi connectivity index (χ3n) is 3.49. The molecule has 0 saturated carbocycles. The van der Waals surface area contributed by atoms with E-state index in [4.69, 9.17) is 0 Å². The second-order valence-corrected chi connectivity index (χ2v) is 5.29. The van der Waals surface area contributed by atoms with Crippen LogP contribution in [0.3, 0.4) is 0 Å². The van der Waals surface area contributed by atoms with Gasteiger partial charge in [-0.2, -0.15) is 5.26 Å². The summed E-state index contributed by atoms with van der Waals surface area (Å²) in [5, 5.41) is 23.8. The number of thiol groups is 1. The third kappa shape index (κ3) is 2.61. The van der Waals surface area contributed by atoms with Crippen LogP contribution in [0, 0.1) is 21.4 Å². The Kier molecular flexibility index (Phi) is 4.33. The molecule has 0 aromatic heterocycles. The van der Waals surface area contributed by atoms with Crippen molar-refractivity contribution in [2.24, 2.45) is 0 Å². The van der Waals surface area contributed by atoms with Crippen molar-refractivity contribution in [2.45, 2.75) is 19.8 Å². The van der Waals surface area contributed by atoms with Gasteiger partial charge in [0, 0.05) is 22.9 Å². The normalized spacial score (nSPS) is 17.8. The van der Waals surface area contributed by atoms with Gasteiger partial charge in [-0.1, -0.05) is 18.2 Å². The number of carbonyl (C=O) groups is 1. The number of rotatable bonds is 3. The van der Waals surface area contributed by atoms with E-state index in [1.807, 2.05) is 6.07 Å². The Morgan fingerprint density at radius 1 is 1.45 bits per heavy atom. The average Bonchev–Trinajstić information content (AvgIpc) is 2.45. The van der Waals surface area contributed by atoms with Crippen LogP contribution in [0.1, 0.15) is 25.3 Å². The number of nitro benzene ring substituents is 1. The Bertz CT molecular complexity index is 774. The fraction of sp³-hybridized carbons (Fsp3) is 0.200. The first-order chi connectivity index (χ1) is 10.4. The lowest BCUT2D eigenvalue weighted by Crippen LogP contribution is -2.26. The lowest BCUT2D eigenvalue weighted by Gasteiger charge is -2.27. The molecular weight excluding hydrogens is 302 g/mol. The number of allylic oxidation sites excluding steroid dienone is 3. The van der Waals surface area contributed by atoms with Crippen molar-refractivity contribution in [2.75, 3.05) is 0 Å². The molecule has 0 spiro atoms. The number of dihydropyridines is 1.